The first kappa shape index (κ1) is 10.5. The Bertz CT molecular complexity index is 159. The average Bonchev–Trinajstić information content (AvgIpc) is 2.19. The van der Waals surface area contributed by atoms with Gasteiger partial charge in [-0.3, -0.25) is 0 Å². The van der Waals surface area contributed by atoms with Crippen molar-refractivity contribution >= 4 is 0 Å². The fourth-order valence-corrected chi connectivity index (χ4v) is 1.59. The van der Waals surface area contributed by atoms with Crippen LogP contribution in [0.1, 0.15) is 6.42 Å². The molecule has 3 nitrogen and oxygen atoms in total. The number of morpholine rings is 1. The number of nitrogens with two attached hydrogens (primary N) is 1. The van der Waals surface area contributed by atoms with E-state index in [1.807, 2.05) is 0 Å². The Morgan fingerprint density at radius 1 is 1.38 bits per heavy atom. The summed E-state index contributed by atoms with van der Waals surface area (Å²) in [5, 5.41) is 2.19. The first-order valence-corrected chi connectivity index (χ1v) is 5.10. The third-order valence-electron chi connectivity index (χ3n) is 2.40. The highest BCUT2D eigenvalue weighted by Crippen LogP contribution is 1.75. The fraction of sp³-hybridized carbons (Fsp3) is 0.800. The third-order valence-corrected chi connectivity index (χ3v) is 2.40. The van der Waals surface area contributed by atoms with E-state index in [1.165, 1.54) is 26.1 Å². The van der Waals surface area contributed by atoms with E-state index in [9.17, 15) is 0 Å². The minimum atomic E-state index is 0.818. The van der Waals surface area contributed by atoms with Crippen LogP contribution in [0, 0.1) is 12.3 Å². The highest BCUT2D eigenvalue weighted by Gasteiger charge is 2.12. The summed E-state index contributed by atoms with van der Waals surface area (Å²) in [4.78, 5) is 1.68. The van der Waals surface area contributed by atoms with Crippen molar-refractivity contribution in [1.82, 2.24) is 0 Å². The predicted molar refractivity (Wildman–Crippen MR) is 51.5 cm³/mol. The largest absolute Gasteiger partial charge is 0.370 e. The van der Waals surface area contributed by atoms with Crippen molar-refractivity contribution < 1.29 is 15.0 Å². The molecule has 1 aliphatic heterocycles. The van der Waals surface area contributed by atoms with Gasteiger partial charge in [0.25, 0.3) is 0 Å². The van der Waals surface area contributed by atoms with Crippen LogP contribution in [0.4, 0.5) is 0 Å². The van der Waals surface area contributed by atoms with Crippen molar-refractivity contribution in [3.8, 4) is 12.3 Å². The van der Waals surface area contributed by atoms with E-state index in [0.29, 0.717) is 0 Å². The van der Waals surface area contributed by atoms with Gasteiger partial charge in [-0.25, -0.2) is 0 Å². The molecule has 0 amide bonds. The van der Waals surface area contributed by atoms with Crippen LogP contribution >= 0.6 is 0 Å². The monoisotopic (exact) mass is 184 g/mol. The van der Waals surface area contributed by atoms with Gasteiger partial charge in [-0.15, -0.1) is 6.42 Å². The Morgan fingerprint density at radius 3 is 2.85 bits per heavy atom. The molecule has 3 heteroatoms. The van der Waals surface area contributed by atoms with Gasteiger partial charge in [0.2, 0.25) is 0 Å². The van der Waals surface area contributed by atoms with Crippen LogP contribution in [0.5, 0.6) is 0 Å². The van der Waals surface area contributed by atoms with Crippen LogP contribution in [0.3, 0.4) is 0 Å². The lowest BCUT2D eigenvalue weighted by Gasteiger charge is -2.23. The lowest BCUT2D eigenvalue weighted by atomic mass is 10.3. The van der Waals surface area contributed by atoms with E-state index in [4.69, 9.17) is 11.2 Å². The van der Waals surface area contributed by atoms with Crippen molar-refractivity contribution in [2.75, 3.05) is 45.9 Å². The van der Waals surface area contributed by atoms with E-state index in [-0.39, 0.29) is 0 Å². The zero-order valence-corrected chi connectivity index (χ0v) is 8.22. The third kappa shape index (κ3) is 4.89. The van der Waals surface area contributed by atoms with E-state index in [0.717, 1.165) is 26.3 Å². The molecule has 0 aromatic carbocycles. The second-order valence-corrected chi connectivity index (χ2v) is 3.45. The number of hydrogen-bond donors (Lipinski definition) is 2. The quantitative estimate of drug-likeness (QED) is 0.359. The molecule has 1 fully saturated rings. The van der Waals surface area contributed by atoms with E-state index in [1.54, 1.807) is 4.90 Å². The van der Waals surface area contributed by atoms with Gasteiger partial charge >= 0.3 is 0 Å². The molecule has 0 aliphatic carbocycles. The summed E-state index contributed by atoms with van der Waals surface area (Å²) in [5.41, 5.74) is 0. The molecule has 1 aliphatic rings. The summed E-state index contributed by atoms with van der Waals surface area (Å²) >= 11 is 0. The molecule has 0 bridgehead atoms. The van der Waals surface area contributed by atoms with Crippen LogP contribution in [0.15, 0.2) is 0 Å². The van der Waals surface area contributed by atoms with Crippen LogP contribution in [-0.4, -0.2) is 45.9 Å². The van der Waals surface area contributed by atoms with Gasteiger partial charge in [0.15, 0.2) is 0 Å². The minimum absolute atomic E-state index is 0.818. The van der Waals surface area contributed by atoms with E-state index < -0.39 is 0 Å². The molecule has 0 radical (unpaired) electrons. The van der Waals surface area contributed by atoms with Crippen molar-refractivity contribution in [3.05, 3.63) is 0 Å². The Balaban J connectivity index is 1.90. The molecule has 0 saturated carbocycles. The van der Waals surface area contributed by atoms with E-state index >= 15 is 0 Å². The molecule has 74 valence electrons. The number of nitrogens with one attached hydrogen (secondary N) is 1. The summed E-state index contributed by atoms with van der Waals surface area (Å²) in [5.74, 6) is 2.62. The summed E-state index contributed by atoms with van der Waals surface area (Å²) in [7, 11) is 0. The molecule has 0 atom stereocenters. The van der Waals surface area contributed by atoms with Crippen molar-refractivity contribution in [3.63, 3.8) is 0 Å². The Morgan fingerprint density at radius 2 is 2.15 bits per heavy atom. The van der Waals surface area contributed by atoms with Gasteiger partial charge < -0.3 is 15.0 Å². The summed E-state index contributed by atoms with van der Waals surface area (Å²) in [6.07, 6.45) is 6.41. The summed E-state index contributed by atoms with van der Waals surface area (Å²) in [6, 6.07) is 0. The van der Waals surface area contributed by atoms with Gasteiger partial charge in [-0.1, -0.05) is 0 Å². The smallest absolute Gasteiger partial charge is 0.137 e. The van der Waals surface area contributed by atoms with Crippen molar-refractivity contribution in [2.45, 2.75) is 6.42 Å². The second kappa shape index (κ2) is 6.90. The molecule has 0 aromatic heterocycles. The maximum atomic E-state index is 5.29. The first-order valence-electron chi connectivity index (χ1n) is 5.10. The van der Waals surface area contributed by atoms with Crippen molar-refractivity contribution in [2.24, 2.45) is 0 Å². The lowest BCUT2D eigenvalue weighted by Crippen LogP contribution is -3.14. The normalized spacial score (nSPS) is 18.4. The lowest BCUT2D eigenvalue weighted by molar-refractivity contribution is -0.909. The Labute approximate surface area is 80.4 Å². The van der Waals surface area contributed by atoms with E-state index in [2.05, 4.69) is 11.2 Å². The zero-order valence-electron chi connectivity index (χ0n) is 8.22. The maximum Gasteiger partial charge on any atom is 0.137 e. The number of terminal acetylenes is 1. The molecule has 0 unspecified atom stereocenters. The predicted octanol–water partition coefficient (Wildman–Crippen LogP) is -2.51. The number of hydrogen-bond acceptors (Lipinski definition) is 1. The number of quaternary nitrogens is 2. The Hall–Kier alpha value is -0.560. The summed E-state index contributed by atoms with van der Waals surface area (Å²) in [6.45, 7) is 7.47. The molecule has 1 heterocycles. The molecular formula is C10H20N2O+2. The molecule has 0 aromatic rings. The van der Waals surface area contributed by atoms with Crippen LogP contribution in [-0.2, 0) is 4.74 Å². The standard InChI is InChI=1S/C10H18N2O/c1-2-4-11-5-3-6-12-7-9-13-10-8-12/h1,11H,3-10H2/p+2. The molecule has 0 spiro atoms. The highest BCUT2D eigenvalue weighted by molar-refractivity contribution is 4.81. The summed E-state index contributed by atoms with van der Waals surface area (Å²) < 4.78 is 5.29. The van der Waals surface area contributed by atoms with Gasteiger partial charge in [0, 0.05) is 6.42 Å². The molecule has 1 rings (SSSR count). The SMILES string of the molecule is C#CC[NH2+]CCC[NH+]1CCOCC1. The minimum Gasteiger partial charge on any atom is -0.370 e. The highest BCUT2D eigenvalue weighted by atomic mass is 16.5. The van der Waals surface area contributed by atoms with Gasteiger partial charge in [-0.2, -0.15) is 0 Å². The van der Waals surface area contributed by atoms with Gasteiger partial charge in [-0.05, 0) is 5.92 Å². The maximum absolute atomic E-state index is 5.29. The van der Waals surface area contributed by atoms with Crippen LogP contribution in [0.25, 0.3) is 0 Å². The van der Waals surface area contributed by atoms with Crippen molar-refractivity contribution in [1.29, 1.82) is 0 Å². The second-order valence-electron chi connectivity index (χ2n) is 3.45. The van der Waals surface area contributed by atoms with Crippen LogP contribution in [0.2, 0.25) is 0 Å². The molecule has 1 saturated heterocycles. The molecular weight excluding hydrogens is 164 g/mol. The van der Waals surface area contributed by atoms with Crippen LogP contribution < -0.4 is 10.2 Å². The average molecular weight is 184 g/mol. The molecule has 3 N–H and O–H groups in total. The first-order chi connectivity index (χ1) is 6.43. The van der Waals surface area contributed by atoms with Gasteiger partial charge in [0.1, 0.15) is 19.6 Å². The fourth-order valence-electron chi connectivity index (χ4n) is 1.59. The number of rotatable bonds is 5. The zero-order chi connectivity index (χ0) is 9.36. The number of ether oxygens (including phenoxy) is 1. The molecule has 13 heavy (non-hydrogen) atoms. The Kier molecular flexibility index (Phi) is 5.59. The topological polar surface area (TPSA) is 30.3 Å². The van der Waals surface area contributed by atoms with Gasteiger partial charge in [0.05, 0.1) is 26.3 Å².